The molecule has 20 heavy (non-hydrogen) atoms. The summed E-state index contributed by atoms with van der Waals surface area (Å²) in [7, 11) is 0. The molecule has 1 aliphatic heterocycles. The maximum atomic E-state index is 5.81. The van der Waals surface area contributed by atoms with Gasteiger partial charge in [0.25, 0.3) is 0 Å². The third-order valence-electron chi connectivity index (χ3n) is 3.55. The Morgan fingerprint density at radius 2 is 1.85 bits per heavy atom. The lowest BCUT2D eigenvalue weighted by molar-refractivity contribution is -0.00550. The Kier molecular flexibility index (Phi) is 4.81. The maximum Gasteiger partial charge on any atom is 0.137 e. The van der Waals surface area contributed by atoms with Gasteiger partial charge in [-0.05, 0) is 27.7 Å². The van der Waals surface area contributed by atoms with E-state index in [9.17, 15) is 0 Å². The average Bonchev–Trinajstić information content (AvgIpc) is 2.40. The Morgan fingerprint density at radius 1 is 1.20 bits per heavy atom. The summed E-state index contributed by atoms with van der Waals surface area (Å²) in [6, 6.07) is 0. The second kappa shape index (κ2) is 6.39. The molecule has 112 valence electrons. The highest BCUT2D eigenvalue weighted by Crippen LogP contribution is 2.26. The van der Waals surface area contributed by atoms with Crippen molar-refractivity contribution in [1.82, 2.24) is 9.97 Å². The van der Waals surface area contributed by atoms with Crippen LogP contribution in [-0.2, 0) is 11.2 Å². The Balaban J connectivity index is 2.36. The molecule has 2 rings (SSSR count). The summed E-state index contributed by atoms with van der Waals surface area (Å²) in [5.74, 6) is 2.91. The van der Waals surface area contributed by atoms with Gasteiger partial charge in [-0.3, -0.25) is 0 Å². The summed E-state index contributed by atoms with van der Waals surface area (Å²) in [5.41, 5.74) is 1.13. The smallest absolute Gasteiger partial charge is 0.137 e. The van der Waals surface area contributed by atoms with Crippen molar-refractivity contribution in [2.45, 2.75) is 53.2 Å². The number of aryl methyl sites for hydroxylation is 1. The van der Waals surface area contributed by atoms with Gasteiger partial charge in [0, 0.05) is 31.6 Å². The van der Waals surface area contributed by atoms with E-state index in [-0.39, 0.29) is 12.2 Å². The van der Waals surface area contributed by atoms with E-state index in [0.717, 1.165) is 49.1 Å². The van der Waals surface area contributed by atoms with E-state index in [1.807, 2.05) is 0 Å². The zero-order valence-electron chi connectivity index (χ0n) is 13.2. The normalized spacial score (nSPS) is 22.9. The molecule has 0 radical (unpaired) electrons. The van der Waals surface area contributed by atoms with Gasteiger partial charge in [0.05, 0.1) is 12.2 Å². The lowest BCUT2D eigenvalue weighted by Crippen LogP contribution is -2.46. The van der Waals surface area contributed by atoms with Crippen LogP contribution in [0, 0.1) is 6.92 Å². The monoisotopic (exact) mass is 278 g/mol. The number of rotatable bonds is 4. The van der Waals surface area contributed by atoms with Crippen molar-refractivity contribution in [2.24, 2.45) is 0 Å². The molecule has 0 aliphatic carbocycles. The topological polar surface area (TPSA) is 50.3 Å². The number of anilines is 2. The van der Waals surface area contributed by atoms with Crippen LogP contribution >= 0.6 is 0 Å². The quantitative estimate of drug-likeness (QED) is 0.916. The Labute approximate surface area is 121 Å². The fraction of sp³-hybridized carbons (Fsp3) is 0.733. The standard InChI is InChI=1S/C15H26N4O/c1-6-13-17-14(16-7-2)12(5)15(18-13)19-8-10(3)20-11(4)9-19/h10-11H,6-9H2,1-5H3,(H,16,17,18)/t10-,11+. The first-order valence-electron chi connectivity index (χ1n) is 7.56. The van der Waals surface area contributed by atoms with E-state index < -0.39 is 0 Å². The van der Waals surface area contributed by atoms with Crippen molar-refractivity contribution < 1.29 is 4.74 Å². The van der Waals surface area contributed by atoms with Crippen LogP contribution in [0.5, 0.6) is 0 Å². The van der Waals surface area contributed by atoms with Gasteiger partial charge in [-0.1, -0.05) is 6.92 Å². The number of nitrogens with zero attached hydrogens (tertiary/aromatic N) is 3. The summed E-state index contributed by atoms with van der Waals surface area (Å²) >= 11 is 0. The lowest BCUT2D eigenvalue weighted by Gasteiger charge is -2.37. The first-order chi connectivity index (χ1) is 9.55. The molecule has 1 aliphatic rings. The highest BCUT2D eigenvalue weighted by Gasteiger charge is 2.25. The maximum absolute atomic E-state index is 5.81. The van der Waals surface area contributed by atoms with E-state index in [2.05, 4.69) is 49.8 Å². The minimum atomic E-state index is 0.237. The predicted molar refractivity (Wildman–Crippen MR) is 82.5 cm³/mol. The van der Waals surface area contributed by atoms with E-state index in [0.29, 0.717) is 0 Å². The molecule has 0 bridgehead atoms. The molecule has 5 nitrogen and oxygen atoms in total. The molecule has 1 N–H and O–H groups in total. The third kappa shape index (κ3) is 3.20. The highest BCUT2D eigenvalue weighted by molar-refractivity contribution is 5.59. The number of nitrogens with one attached hydrogen (secondary N) is 1. The van der Waals surface area contributed by atoms with Crippen molar-refractivity contribution in [2.75, 3.05) is 29.9 Å². The third-order valence-corrected chi connectivity index (χ3v) is 3.55. The zero-order chi connectivity index (χ0) is 14.7. The van der Waals surface area contributed by atoms with E-state index in [1.54, 1.807) is 0 Å². The van der Waals surface area contributed by atoms with Crippen LogP contribution < -0.4 is 10.2 Å². The van der Waals surface area contributed by atoms with Gasteiger partial charge in [-0.25, -0.2) is 9.97 Å². The van der Waals surface area contributed by atoms with Gasteiger partial charge >= 0.3 is 0 Å². The predicted octanol–water partition coefficient (Wildman–Crippen LogP) is 2.39. The summed E-state index contributed by atoms with van der Waals surface area (Å²) in [6.07, 6.45) is 1.32. The first-order valence-corrected chi connectivity index (χ1v) is 7.56. The molecule has 5 heteroatoms. The summed E-state index contributed by atoms with van der Waals surface area (Å²) in [4.78, 5) is 11.7. The van der Waals surface area contributed by atoms with Crippen LogP contribution in [0.4, 0.5) is 11.6 Å². The lowest BCUT2D eigenvalue weighted by atomic mass is 10.2. The van der Waals surface area contributed by atoms with Gasteiger partial charge in [-0.15, -0.1) is 0 Å². The van der Waals surface area contributed by atoms with Crippen LogP contribution in [0.2, 0.25) is 0 Å². The molecule has 0 amide bonds. The fourth-order valence-corrected chi connectivity index (χ4v) is 2.71. The number of aromatic nitrogens is 2. The highest BCUT2D eigenvalue weighted by atomic mass is 16.5. The molecular weight excluding hydrogens is 252 g/mol. The van der Waals surface area contributed by atoms with Gasteiger partial charge in [0.15, 0.2) is 0 Å². The zero-order valence-corrected chi connectivity index (χ0v) is 13.2. The van der Waals surface area contributed by atoms with E-state index in [4.69, 9.17) is 9.72 Å². The molecule has 0 spiro atoms. The Hall–Kier alpha value is -1.36. The largest absolute Gasteiger partial charge is 0.372 e. The van der Waals surface area contributed by atoms with Gasteiger partial charge in [-0.2, -0.15) is 0 Å². The molecule has 1 aromatic heterocycles. The van der Waals surface area contributed by atoms with Crippen molar-refractivity contribution in [3.63, 3.8) is 0 Å². The summed E-state index contributed by atoms with van der Waals surface area (Å²) < 4.78 is 5.81. The van der Waals surface area contributed by atoms with Crippen molar-refractivity contribution in [3.8, 4) is 0 Å². The van der Waals surface area contributed by atoms with Crippen molar-refractivity contribution >= 4 is 11.6 Å². The molecule has 2 atom stereocenters. The van der Waals surface area contributed by atoms with Crippen LogP contribution in [-0.4, -0.2) is 41.8 Å². The van der Waals surface area contributed by atoms with Crippen LogP contribution in [0.15, 0.2) is 0 Å². The van der Waals surface area contributed by atoms with Gasteiger partial charge in [0.2, 0.25) is 0 Å². The minimum Gasteiger partial charge on any atom is -0.372 e. The molecule has 1 saturated heterocycles. The average molecular weight is 278 g/mol. The molecule has 0 aromatic carbocycles. The van der Waals surface area contributed by atoms with Gasteiger partial charge < -0.3 is 15.0 Å². The summed E-state index contributed by atoms with van der Waals surface area (Å²) in [5, 5.41) is 3.34. The molecule has 0 saturated carbocycles. The second-order valence-electron chi connectivity index (χ2n) is 5.48. The number of morpholine rings is 1. The second-order valence-corrected chi connectivity index (χ2v) is 5.48. The van der Waals surface area contributed by atoms with Crippen LogP contribution in [0.25, 0.3) is 0 Å². The summed E-state index contributed by atoms with van der Waals surface area (Å²) in [6.45, 7) is 13.2. The molecular formula is C15H26N4O. The number of hydrogen-bond donors (Lipinski definition) is 1. The minimum absolute atomic E-state index is 0.237. The van der Waals surface area contributed by atoms with Crippen molar-refractivity contribution in [3.05, 3.63) is 11.4 Å². The molecule has 1 fully saturated rings. The van der Waals surface area contributed by atoms with E-state index in [1.165, 1.54) is 0 Å². The molecule has 1 aromatic rings. The van der Waals surface area contributed by atoms with E-state index >= 15 is 0 Å². The molecule has 0 unspecified atom stereocenters. The van der Waals surface area contributed by atoms with Crippen LogP contribution in [0.1, 0.15) is 39.1 Å². The van der Waals surface area contributed by atoms with Crippen LogP contribution in [0.3, 0.4) is 0 Å². The fourth-order valence-electron chi connectivity index (χ4n) is 2.71. The Morgan fingerprint density at radius 3 is 2.40 bits per heavy atom. The first kappa shape index (κ1) is 15.0. The number of hydrogen-bond acceptors (Lipinski definition) is 5. The SMILES string of the molecule is CCNc1nc(CC)nc(N2C[C@@H](C)O[C@@H](C)C2)c1C. The Bertz CT molecular complexity index is 453. The number of ether oxygens (including phenoxy) is 1. The molecule has 2 heterocycles. The van der Waals surface area contributed by atoms with Crippen molar-refractivity contribution in [1.29, 1.82) is 0 Å². The van der Waals surface area contributed by atoms with Gasteiger partial charge in [0.1, 0.15) is 17.5 Å².